The van der Waals surface area contributed by atoms with Crippen LogP contribution in [0.2, 0.25) is 0 Å². The molecule has 0 saturated heterocycles. The van der Waals surface area contributed by atoms with Crippen LogP contribution in [0.3, 0.4) is 0 Å². The maximum absolute atomic E-state index is 13.2. The number of rotatable bonds is 16. The summed E-state index contributed by atoms with van der Waals surface area (Å²) < 4.78 is 125. The number of halogens is 3. The minimum Gasteiger partial charge on any atom is -0.350 e. The van der Waals surface area contributed by atoms with Gasteiger partial charge in [-0.25, -0.2) is 41.7 Å². The van der Waals surface area contributed by atoms with Crippen LogP contribution in [0.5, 0.6) is 0 Å². The number of aromatic nitrogens is 3. The summed E-state index contributed by atoms with van der Waals surface area (Å²) in [6.07, 6.45) is 1.38. The molecule has 4 aromatic heterocycles. The lowest BCUT2D eigenvalue weighted by Gasteiger charge is -2.09. The van der Waals surface area contributed by atoms with Crippen LogP contribution in [0.1, 0.15) is 53.3 Å². The van der Waals surface area contributed by atoms with Crippen molar-refractivity contribution in [2.75, 3.05) is 0 Å². The Balaban J connectivity index is 0.000000146. The Morgan fingerprint density at radius 3 is 1.16 bits per heavy atom. The number of thiophene rings is 1. The zero-order chi connectivity index (χ0) is 73.1. The molecule has 25 heteroatoms. The Kier molecular flexibility index (Phi) is 20.4. The molecule has 4 heterocycles. The predicted molar refractivity (Wildman–Crippen MR) is 391 cm³/mol. The van der Waals surface area contributed by atoms with Crippen molar-refractivity contribution in [3.05, 3.63) is 293 Å². The van der Waals surface area contributed by atoms with E-state index in [9.17, 15) is 52.8 Å². The molecule has 18 nitrogen and oxygen atoms in total. The fourth-order valence-corrected chi connectivity index (χ4v) is 17.3. The van der Waals surface area contributed by atoms with E-state index in [0.717, 1.165) is 72.8 Å². The van der Waals surface area contributed by atoms with Gasteiger partial charge in [0.2, 0.25) is 0 Å². The zero-order valence-electron chi connectivity index (χ0n) is 55.0. The van der Waals surface area contributed by atoms with Crippen molar-refractivity contribution in [3.8, 4) is 44.5 Å². The second-order valence-electron chi connectivity index (χ2n) is 24.4. The van der Waals surface area contributed by atoms with Gasteiger partial charge in [0.05, 0.1) is 37.5 Å². The van der Waals surface area contributed by atoms with Crippen LogP contribution >= 0.6 is 11.3 Å². The molecule has 14 rings (SSSR count). The highest BCUT2D eigenvalue weighted by atomic mass is 32.2. The van der Waals surface area contributed by atoms with Gasteiger partial charge in [-0.05, 0) is 172 Å². The summed E-state index contributed by atoms with van der Waals surface area (Å²) >= 11 is 1.69. The number of nitrogens with zero attached hydrogens (tertiary/aromatic N) is 3. The van der Waals surface area contributed by atoms with E-state index in [1.807, 2.05) is 85.4 Å². The molecule has 10 aromatic carbocycles. The van der Waals surface area contributed by atoms with E-state index in [2.05, 4.69) is 70.9 Å². The lowest BCUT2D eigenvalue weighted by atomic mass is 9.99. The maximum Gasteiger partial charge on any atom is 0.416 e. The second kappa shape index (κ2) is 29.4. The molecule has 0 atom stereocenters. The third-order valence-electron chi connectivity index (χ3n) is 17.5. The lowest BCUT2D eigenvalue weighted by molar-refractivity contribution is -0.137. The highest BCUT2D eigenvalue weighted by Crippen LogP contribution is 2.41. The Labute approximate surface area is 593 Å². The number of amides is 3. The second-order valence-corrected chi connectivity index (χ2v) is 31.2. The average Bonchev–Trinajstić information content (AvgIpc) is 1.64. The normalized spacial score (nSPS) is 11.8. The highest BCUT2D eigenvalue weighted by Gasteiger charge is 2.31. The average molecular weight is 1460 g/mol. The first-order valence-corrected chi connectivity index (χ1v) is 37.4. The first-order chi connectivity index (χ1) is 49.2. The summed E-state index contributed by atoms with van der Waals surface area (Å²) in [7, 11) is -5.31. The topological polar surface area (TPSA) is 265 Å². The van der Waals surface area contributed by atoms with Crippen molar-refractivity contribution in [1.29, 1.82) is 0 Å². The van der Waals surface area contributed by atoms with Crippen LogP contribution in [0.25, 0.3) is 87.3 Å². The number of hydroxylamine groups is 3. The Bertz CT molecular complexity index is 5920. The van der Waals surface area contributed by atoms with Crippen molar-refractivity contribution in [1.82, 2.24) is 30.1 Å². The minimum atomic E-state index is -4.48. The number of hydrogen-bond acceptors (Lipinski definition) is 13. The van der Waals surface area contributed by atoms with Gasteiger partial charge in [0.25, 0.3) is 17.7 Å². The number of benzene rings is 10. The Morgan fingerprint density at radius 2 is 0.738 bits per heavy atom. The van der Waals surface area contributed by atoms with Gasteiger partial charge < -0.3 is 13.7 Å². The number of aryl methyl sites for hydroxylation is 3. The van der Waals surface area contributed by atoms with Crippen LogP contribution < -0.4 is 16.4 Å². The molecule has 0 fully saturated rings. The van der Waals surface area contributed by atoms with E-state index < -0.39 is 59.0 Å². The fourth-order valence-electron chi connectivity index (χ4n) is 12.3. The number of hydrogen-bond donors (Lipinski definition) is 6. The third-order valence-corrected chi connectivity index (χ3v) is 23.6. The van der Waals surface area contributed by atoms with Gasteiger partial charge in [-0.15, -0.1) is 11.3 Å². The molecular formula is C78H63F3N6O12S4. The summed E-state index contributed by atoms with van der Waals surface area (Å²) in [4.78, 5) is 34.7. The van der Waals surface area contributed by atoms with Crippen LogP contribution in [-0.4, -0.2) is 72.3 Å². The number of fused-ring (bicyclic) bond motifs is 4. The van der Waals surface area contributed by atoms with Crippen LogP contribution in [0, 0.1) is 0 Å². The van der Waals surface area contributed by atoms with Crippen molar-refractivity contribution < 1.29 is 68.4 Å². The van der Waals surface area contributed by atoms with Crippen LogP contribution in [0.15, 0.2) is 269 Å². The molecule has 0 saturated carbocycles. The summed E-state index contributed by atoms with van der Waals surface area (Å²) in [5.41, 5.74) is 16.3. The number of carbonyl (C=O) groups is 3. The van der Waals surface area contributed by atoms with Gasteiger partial charge in [0, 0.05) is 121 Å². The van der Waals surface area contributed by atoms with Crippen molar-refractivity contribution in [2.24, 2.45) is 21.1 Å². The molecule has 0 unspecified atom stereocenters. The summed E-state index contributed by atoms with van der Waals surface area (Å²) in [6.45, 7) is 0. The van der Waals surface area contributed by atoms with E-state index in [-0.39, 0.29) is 48.6 Å². The minimum absolute atomic E-state index is 0.00625. The van der Waals surface area contributed by atoms with E-state index in [4.69, 9.17) is 15.6 Å². The molecule has 6 N–H and O–H groups in total. The fraction of sp³-hybridized carbons (Fsp3) is 0.0897. The molecular weight excluding hydrogens is 1400 g/mol. The number of carbonyl (C=O) groups excluding carboxylic acids is 3. The van der Waals surface area contributed by atoms with Gasteiger partial charge in [-0.1, -0.05) is 103 Å². The first kappa shape index (κ1) is 71.5. The monoisotopic (exact) mass is 1460 g/mol. The first-order valence-electron chi connectivity index (χ1n) is 31.6. The van der Waals surface area contributed by atoms with Gasteiger partial charge in [0.15, 0.2) is 29.5 Å². The number of nitrogens with one attached hydrogen (secondary N) is 3. The highest BCUT2D eigenvalue weighted by molar-refractivity contribution is 7.91. The molecule has 0 spiro atoms. The van der Waals surface area contributed by atoms with E-state index in [1.165, 1.54) is 105 Å². The number of sulfone groups is 3. The third kappa shape index (κ3) is 15.5. The summed E-state index contributed by atoms with van der Waals surface area (Å²) in [5, 5.41) is 32.1. The Morgan fingerprint density at radius 1 is 0.379 bits per heavy atom. The molecule has 3 amide bonds. The van der Waals surface area contributed by atoms with E-state index in [1.54, 1.807) is 53.4 Å². The molecule has 14 aromatic rings. The van der Waals surface area contributed by atoms with Gasteiger partial charge in [-0.2, -0.15) is 13.2 Å². The quantitative estimate of drug-likeness (QED) is 0.0390. The molecule has 0 aliphatic rings. The van der Waals surface area contributed by atoms with E-state index >= 15 is 0 Å². The molecule has 0 radical (unpaired) electrons. The van der Waals surface area contributed by atoms with Crippen molar-refractivity contribution in [3.63, 3.8) is 0 Å². The smallest absolute Gasteiger partial charge is 0.350 e. The molecule has 0 aliphatic heterocycles. The zero-order valence-corrected chi connectivity index (χ0v) is 58.3. The van der Waals surface area contributed by atoms with Gasteiger partial charge in [-0.3, -0.25) is 30.0 Å². The largest absolute Gasteiger partial charge is 0.416 e. The van der Waals surface area contributed by atoms with Crippen LogP contribution in [-0.2, 0) is 74.1 Å². The maximum atomic E-state index is 13.2. The van der Waals surface area contributed by atoms with Crippen molar-refractivity contribution >= 4 is 101 Å². The summed E-state index contributed by atoms with van der Waals surface area (Å²) in [5.74, 6) is -2.82. The lowest BCUT2D eigenvalue weighted by Crippen LogP contribution is -2.18. The Hall–Kier alpha value is -11.3. The molecule has 522 valence electrons. The van der Waals surface area contributed by atoms with Gasteiger partial charge >= 0.3 is 6.18 Å². The van der Waals surface area contributed by atoms with Crippen molar-refractivity contribution in [2.45, 2.75) is 38.1 Å². The molecule has 103 heavy (non-hydrogen) atoms. The molecule has 0 bridgehead atoms. The summed E-state index contributed by atoms with van der Waals surface area (Å²) in [6, 6.07) is 64.4. The van der Waals surface area contributed by atoms with Crippen LogP contribution in [0.4, 0.5) is 13.2 Å². The standard InChI is InChI=1S/C29H24N2O4S.C25H20N2O4S2.C24H19F3N2O4S/c1-31-18-27(23-10-8-22(9-11-23)21-5-3-2-4-6-21)26-17-20(7-16-28(26)31)19-36(34,35)25-14-12-24(13-15-25)29(32)30-33;1-27-13-21(22-14-32-24-5-3-2-4-19(22)24)20-12-16(6-11-23(20)27)15-33(30,31)18-9-7-17(8-10-18)25(28)26-29;1-29-13-21(17-3-2-4-18(12-17)24(25,26)27)20-11-15(5-10-22(20)29)14-34(32,33)19-8-6-16(7-9-19)23(30)28-31/h2-18,33H,19H2,1H3,(H,30,32);2-14,29H,15H2,1H3,(H,26,28);2-13,31H,14H2,1H3,(H,28,30). The van der Waals surface area contributed by atoms with Gasteiger partial charge in [0.1, 0.15) is 0 Å². The SMILES string of the molecule is Cn1cc(-c2ccc(-c3ccccc3)cc2)c2cc(CS(=O)(=O)c3ccc(C(=O)NO)cc3)ccc21.Cn1cc(-c2cccc(C(F)(F)F)c2)c2cc(CS(=O)(=O)c3ccc(C(=O)NO)cc3)ccc21.Cn1cc(-c2csc3ccccc23)c2cc(CS(=O)(=O)c3ccc(C(=O)NO)cc3)ccc21. The predicted octanol–water partition coefficient (Wildman–Crippen LogP) is 15.7. The number of alkyl halides is 3. The molecule has 0 aliphatic carbocycles. The van der Waals surface area contributed by atoms with E-state index in [0.29, 0.717) is 33.2 Å².